The molecule has 29 heteroatoms. The van der Waals surface area contributed by atoms with Crippen LogP contribution in [0, 0.1) is 11.3 Å². The van der Waals surface area contributed by atoms with E-state index in [0.29, 0.717) is 12.8 Å². The number of carbonyl (C=O) groups is 3. The lowest BCUT2D eigenvalue weighted by atomic mass is 9.87. The van der Waals surface area contributed by atoms with Crippen LogP contribution in [0.1, 0.15) is 59.6 Å². The summed E-state index contributed by atoms with van der Waals surface area (Å²) in [7, 11) is -17.6. The Morgan fingerprint density at radius 1 is 1.05 bits per heavy atom. The molecule has 0 bridgehead atoms. The van der Waals surface area contributed by atoms with Crippen molar-refractivity contribution in [1.82, 2.24) is 30.2 Å². The second-order valence-corrected chi connectivity index (χ2v) is 18.7. The second-order valence-electron chi connectivity index (χ2n) is 13.5. The molecule has 3 unspecified atom stereocenters. The van der Waals surface area contributed by atoms with Gasteiger partial charge in [0.05, 0.1) is 39.4 Å². The van der Waals surface area contributed by atoms with Crippen LogP contribution in [0.2, 0.25) is 0 Å². The number of aromatic nitrogens is 4. The molecule has 0 spiro atoms. The van der Waals surface area contributed by atoms with E-state index >= 15 is 0 Å². The van der Waals surface area contributed by atoms with Crippen molar-refractivity contribution >= 4 is 69.1 Å². The van der Waals surface area contributed by atoms with E-state index in [1.807, 2.05) is 6.92 Å². The minimum absolute atomic E-state index is 0.0254. The minimum atomic E-state index is -5.92. The number of nitrogen functional groups attached to an aromatic ring is 1. The number of imidazole rings is 1. The Morgan fingerprint density at radius 2 is 1.72 bits per heavy atom. The van der Waals surface area contributed by atoms with E-state index in [1.165, 1.54) is 13.8 Å². The van der Waals surface area contributed by atoms with Gasteiger partial charge in [0, 0.05) is 30.7 Å². The summed E-state index contributed by atoms with van der Waals surface area (Å²) in [6.45, 7) is 3.65. The Kier molecular flexibility index (Phi) is 18.4. The molecule has 0 aliphatic carbocycles. The third kappa shape index (κ3) is 14.6. The number of phosphoric acid groups is 3. The molecule has 58 heavy (non-hydrogen) atoms. The molecule has 0 aromatic carbocycles. The van der Waals surface area contributed by atoms with Crippen molar-refractivity contribution < 1.29 is 85.6 Å². The van der Waals surface area contributed by atoms with Crippen LogP contribution in [0.25, 0.3) is 11.2 Å². The van der Waals surface area contributed by atoms with Crippen molar-refractivity contribution in [3.05, 3.63) is 12.7 Å². The first-order chi connectivity index (χ1) is 26.9. The monoisotopic (exact) mass is 905 g/mol. The van der Waals surface area contributed by atoms with E-state index in [9.17, 15) is 63.0 Å². The number of hydrogen-bond donors (Lipinski definition) is 6. The summed E-state index contributed by atoms with van der Waals surface area (Å²) < 4.78 is 60.5. The van der Waals surface area contributed by atoms with Crippen molar-refractivity contribution in [1.29, 1.82) is 0 Å². The van der Waals surface area contributed by atoms with Crippen LogP contribution in [-0.4, -0.2) is 114 Å². The number of rotatable bonds is 24. The highest BCUT2D eigenvalue weighted by molar-refractivity contribution is 8.13. The number of hydrogen-bond acceptors (Lipinski definition) is 23. The molecule has 1 fully saturated rings. The molecule has 330 valence electrons. The molecule has 0 saturated carbocycles. The van der Waals surface area contributed by atoms with Crippen LogP contribution in [-0.2, 0) is 50.7 Å². The number of nitrogens with zero attached hydrogens (tertiary/aromatic N) is 4. The molecule has 2 aromatic heterocycles. The highest BCUT2D eigenvalue weighted by atomic mass is 32.2. The number of amides is 2. The van der Waals surface area contributed by atoms with Crippen molar-refractivity contribution in [3.8, 4) is 0 Å². The van der Waals surface area contributed by atoms with E-state index in [0.717, 1.165) is 35.4 Å². The van der Waals surface area contributed by atoms with Gasteiger partial charge in [-0.2, -0.15) is 0 Å². The Bertz CT molecular complexity index is 1870. The molecule has 1 aliphatic heterocycles. The summed E-state index contributed by atoms with van der Waals surface area (Å²) in [5.41, 5.74) is 4.04. The topological polar surface area (TPSA) is 395 Å². The summed E-state index contributed by atoms with van der Waals surface area (Å²) in [5.74, 6) is -1.85. The Hall–Kier alpha value is -2.48. The van der Waals surface area contributed by atoms with E-state index in [2.05, 4.69) is 43.5 Å². The van der Waals surface area contributed by atoms with Crippen molar-refractivity contribution in [2.24, 2.45) is 11.3 Å². The lowest BCUT2D eigenvalue weighted by molar-refractivity contribution is -0.347. The number of ether oxygens (including phenoxy) is 1. The highest BCUT2D eigenvalue weighted by Crippen LogP contribution is 2.56. The number of nitrogens with one attached hydrogen (secondary N) is 2. The smallest absolute Gasteiger partial charge is 0.274 e. The fourth-order valence-corrected chi connectivity index (χ4v) is 9.06. The average Bonchev–Trinajstić information content (AvgIpc) is 3.69. The summed E-state index contributed by atoms with van der Waals surface area (Å²) in [6, 6.07) is 0. The standard InChI is InChI=1S/C29H50N7O18P3S/c1-5-7-16(17(37)6-2)28(42)58-11-10-31-19(38)8-9-32-26(41)23(40)29(3,4)13-51-57(48,49)54-56(46,47)50-12-18-22(53-55(43,44)45)21(39)27(52-18)36-15-35-20-24(30)33-14-34-25(20)36/h14-18,21-23,27,37,39-40H,5-13H2,1-4H3,(H,31,38)(H,32,41)(H,46,47)(H,48,49)(H2,30,33,34)(H2,43,44,45)/p-4/t16?,17-,18+,21+,22+,23-,27+/m0/s1. The average molecular weight is 906 g/mol. The van der Waals surface area contributed by atoms with Crippen molar-refractivity contribution in [2.75, 3.05) is 37.8 Å². The largest absolute Gasteiger partial charge is 0.790 e. The maximum Gasteiger partial charge on any atom is 0.274 e. The van der Waals surface area contributed by atoms with Gasteiger partial charge in [-0.25, -0.2) is 19.3 Å². The third-order valence-electron chi connectivity index (χ3n) is 8.51. The first kappa shape index (κ1) is 49.9. The summed E-state index contributed by atoms with van der Waals surface area (Å²) in [5, 5.41) is 36.1. The molecule has 9 atom stereocenters. The predicted octanol–water partition coefficient (Wildman–Crippen LogP) is -2.68. The van der Waals surface area contributed by atoms with E-state index in [-0.39, 0.29) is 47.4 Å². The lowest BCUT2D eigenvalue weighted by Crippen LogP contribution is -2.46. The number of phosphoric ester groups is 3. The number of aliphatic hydroxyl groups excluding tert-OH is 3. The normalized spacial score (nSPS) is 22.5. The molecular weight excluding hydrogens is 859 g/mol. The zero-order valence-corrected chi connectivity index (χ0v) is 35.1. The molecule has 0 radical (unpaired) electrons. The van der Waals surface area contributed by atoms with Gasteiger partial charge < -0.3 is 74.1 Å². The van der Waals surface area contributed by atoms with E-state index in [4.69, 9.17) is 10.5 Å². The Labute approximate surface area is 336 Å². The molecule has 2 aromatic rings. The van der Waals surface area contributed by atoms with E-state index in [1.54, 1.807) is 6.92 Å². The van der Waals surface area contributed by atoms with Gasteiger partial charge in [-0.15, -0.1) is 0 Å². The second kappa shape index (κ2) is 21.4. The van der Waals surface area contributed by atoms with Gasteiger partial charge in [0.1, 0.15) is 36.3 Å². The number of nitrogens with two attached hydrogens (primary N) is 1. The SMILES string of the molecule is CCCC(C(=O)SCCNC(=O)CCNC(=O)[C@H](O)C(C)(C)COP(=O)([O-])OP(=O)([O-])OC[C@H]1O[C@@H](n2cnc3c(N)ncnc32)[C@H](O)[C@@H]1OP(=O)([O-])[O-])[C@@H](O)CC. The van der Waals surface area contributed by atoms with E-state index < -0.39 is 96.6 Å². The molecule has 25 nitrogen and oxygen atoms in total. The Balaban J connectivity index is 1.48. The van der Waals surface area contributed by atoms with Gasteiger partial charge in [0.15, 0.2) is 22.8 Å². The molecule has 3 rings (SSSR count). The summed E-state index contributed by atoms with van der Waals surface area (Å²) in [6.07, 6.45) is -6.72. The lowest BCUT2D eigenvalue weighted by Gasteiger charge is -2.36. The molecule has 3 heterocycles. The first-order valence-electron chi connectivity index (χ1n) is 17.6. The third-order valence-corrected chi connectivity index (χ3v) is 12.5. The van der Waals surface area contributed by atoms with Crippen LogP contribution >= 0.6 is 35.2 Å². The fraction of sp³-hybridized carbons (Fsp3) is 0.724. The number of fused-ring (bicyclic) bond motifs is 1. The quantitative estimate of drug-likeness (QED) is 0.0462. The maximum absolute atomic E-state index is 12.6. The first-order valence-corrected chi connectivity index (χ1v) is 22.9. The predicted molar refractivity (Wildman–Crippen MR) is 193 cm³/mol. The molecular formula is C29H46N7O18P3S-4. The fourth-order valence-electron chi connectivity index (χ4n) is 5.43. The molecule has 7 N–H and O–H groups in total. The van der Waals surface area contributed by atoms with Crippen LogP contribution < -0.4 is 35.9 Å². The zero-order chi connectivity index (χ0) is 43.6. The van der Waals surface area contributed by atoms with Crippen molar-refractivity contribution in [2.45, 2.75) is 90.1 Å². The van der Waals surface area contributed by atoms with Gasteiger partial charge in [0.2, 0.25) is 11.8 Å². The van der Waals surface area contributed by atoms with Crippen LogP contribution in [0.15, 0.2) is 12.7 Å². The van der Waals surface area contributed by atoms with Crippen molar-refractivity contribution in [3.63, 3.8) is 0 Å². The number of carbonyl (C=O) groups excluding carboxylic acids is 3. The maximum atomic E-state index is 12.6. The summed E-state index contributed by atoms with van der Waals surface area (Å²) >= 11 is 0.990. The number of anilines is 1. The van der Waals surface area contributed by atoms with Crippen LogP contribution in [0.4, 0.5) is 5.82 Å². The van der Waals surface area contributed by atoms with Gasteiger partial charge in [0.25, 0.3) is 15.6 Å². The van der Waals surface area contributed by atoms with Gasteiger partial charge in [-0.3, -0.25) is 28.1 Å². The minimum Gasteiger partial charge on any atom is -0.790 e. The number of aliphatic hydroxyl groups is 3. The Morgan fingerprint density at radius 3 is 2.36 bits per heavy atom. The highest BCUT2D eigenvalue weighted by Gasteiger charge is 2.47. The number of thioether (sulfide) groups is 1. The molecule has 1 aliphatic rings. The molecule has 2 amide bonds. The van der Waals surface area contributed by atoms with Crippen LogP contribution in [0.3, 0.4) is 0 Å². The van der Waals surface area contributed by atoms with Gasteiger partial charge >= 0.3 is 0 Å². The summed E-state index contributed by atoms with van der Waals surface area (Å²) in [4.78, 5) is 96.7. The molecule has 1 saturated heterocycles. The van der Waals surface area contributed by atoms with Crippen LogP contribution in [0.5, 0.6) is 0 Å². The van der Waals surface area contributed by atoms with Gasteiger partial charge in [-0.1, -0.05) is 45.9 Å². The zero-order valence-electron chi connectivity index (χ0n) is 31.6. The van der Waals surface area contributed by atoms with Gasteiger partial charge in [-0.05, 0) is 12.8 Å².